The number of nitrogens with zero attached hydrogens (tertiary/aromatic N) is 1. The van der Waals surface area contributed by atoms with Crippen LogP contribution in [0.4, 0.5) is 5.69 Å². The Kier molecular flexibility index (Phi) is 2.82. The minimum absolute atomic E-state index is 0.0383. The molecule has 0 atom stereocenters. The second-order valence-electron chi connectivity index (χ2n) is 3.66. The number of benzene rings is 1. The van der Waals surface area contributed by atoms with Gasteiger partial charge in [-0.1, -0.05) is 18.2 Å². The van der Waals surface area contributed by atoms with E-state index in [1.165, 1.54) is 4.90 Å². The molecular formula is C12H12N2O3. The summed E-state index contributed by atoms with van der Waals surface area (Å²) >= 11 is 0. The van der Waals surface area contributed by atoms with Gasteiger partial charge in [-0.05, 0) is 19.1 Å². The Hall–Kier alpha value is -2.30. The molecule has 1 aromatic heterocycles. The Bertz CT molecular complexity index is 583. The number of H-pyrrole nitrogens is 1. The maximum absolute atomic E-state index is 12.1. The zero-order chi connectivity index (χ0) is 12.4. The Morgan fingerprint density at radius 2 is 1.94 bits per heavy atom. The molecule has 5 heteroatoms. The zero-order valence-corrected chi connectivity index (χ0v) is 9.56. The van der Waals surface area contributed by atoms with Crippen LogP contribution in [0, 0.1) is 6.92 Å². The third-order valence-electron chi connectivity index (χ3n) is 2.54. The molecule has 2 rings (SSSR count). The average Bonchev–Trinajstić information content (AvgIpc) is 2.68. The highest BCUT2D eigenvalue weighted by atomic mass is 16.5. The Labute approximate surface area is 97.6 Å². The summed E-state index contributed by atoms with van der Waals surface area (Å²) in [6.45, 7) is 1.57. The van der Waals surface area contributed by atoms with E-state index in [0.717, 1.165) is 5.69 Å². The molecule has 5 nitrogen and oxygen atoms in total. The topological polar surface area (TPSA) is 66.3 Å². The number of aromatic amines is 1. The minimum atomic E-state index is -0.504. The summed E-state index contributed by atoms with van der Waals surface area (Å²) < 4.78 is 4.82. The summed E-state index contributed by atoms with van der Waals surface area (Å²) in [4.78, 5) is 24.9. The first-order valence-electron chi connectivity index (χ1n) is 5.12. The summed E-state index contributed by atoms with van der Waals surface area (Å²) in [5, 5.41) is 2.15. The van der Waals surface area contributed by atoms with E-state index in [2.05, 4.69) is 5.16 Å². The number of rotatable bonds is 2. The maximum atomic E-state index is 12.1. The number of carbonyl (C=O) groups is 1. The lowest BCUT2D eigenvalue weighted by atomic mass is 10.2. The Balaban J connectivity index is 2.37. The Morgan fingerprint density at radius 3 is 2.47 bits per heavy atom. The first kappa shape index (κ1) is 11.2. The number of nitrogens with one attached hydrogen (secondary N) is 1. The van der Waals surface area contributed by atoms with Crippen LogP contribution in [0.5, 0.6) is 0 Å². The van der Waals surface area contributed by atoms with Gasteiger partial charge in [-0.3, -0.25) is 9.59 Å². The summed E-state index contributed by atoms with van der Waals surface area (Å²) in [6.07, 6.45) is 0. The fourth-order valence-electron chi connectivity index (χ4n) is 1.57. The van der Waals surface area contributed by atoms with Gasteiger partial charge in [-0.25, -0.2) is 0 Å². The Morgan fingerprint density at radius 1 is 1.29 bits per heavy atom. The van der Waals surface area contributed by atoms with Gasteiger partial charge in [0.05, 0.1) is 0 Å². The second-order valence-corrected chi connectivity index (χ2v) is 3.66. The molecule has 0 spiro atoms. The number of hydrogen-bond acceptors (Lipinski definition) is 3. The summed E-state index contributed by atoms with van der Waals surface area (Å²) in [6, 6.07) is 9.10. The van der Waals surface area contributed by atoms with Crippen LogP contribution in [0.15, 0.2) is 39.6 Å². The van der Waals surface area contributed by atoms with E-state index < -0.39 is 5.56 Å². The largest absolute Gasteiger partial charge is 0.383 e. The van der Waals surface area contributed by atoms with Crippen LogP contribution in [-0.4, -0.2) is 18.1 Å². The number of carbonyl (C=O) groups excluding carboxylic acids is 1. The van der Waals surface area contributed by atoms with Crippen molar-refractivity contribution in [2.24, 2.45) is 0 Å². The number of amides is 1. The van der Waals surface area contributed by atoms with E-state index in [1.807, 2.05) is 18.2 Å². The van der Waals surface area contributed by atoms with Gasteiger partial charge in [0.25, 0.3) is 11.5 Å². The van der Waals surface area contributed by atoms with Gasteiger partial charge in [0, 0.05) is 12.7 Å². The number of para-hydroxylation sites is 1. The monoisotopic (exact) mass is 232 g/mol. The first-order chi connectivity index (χ1) is 8.11. The van der Waals surface area contributed by atoms with Gasteiger partial charge in [-0.2, -0.15) is 5.16 Å². The van der Waals surface area contributed by atoms with Crippen molar-refractivity contribution in [2.45, 2.75) is 6.92 Å². The molecule has 1 aromatic carbocycles. The number of anilines is 1. The zero-order valence-electron chi connectivity index (χ0n) is 9.56. The predicted molar refractivity (Wildman–Crippen MR) is 63.2 cm³/mol. The van der Waals surface area contributed by atoms with Gasteiger partial charge >= 0.3 is 0 Å². The fourth-order valence-corrected chi connectivity index (χ4v) is 1.57. The molecule has 0 radical (unpaired) electrons. The lowest BCUT2D eigenvalue weighted by Crippen LogP contribution is -2.30. The molecule has 0 aliphatic rings. The van der Waals surface area contributed by atoms with Crippen LogP contribution in [0.2, 0.25) is 0 Å². The third kappa shape index (κ3) is 1.99. The number of hydrogen-bond donors (Lipinski definition) is 1. The van der Waals surface area contributed by atoms with Crippen LogP contribution in [0.25, 0.3) is 0 Å². The molecule has 1 N–H and O–H groups in total. The van der Waals surface area contributed by atoms with Crippen LogP contribution < -0.4 is 10.5 Å². The maximum Gasteiger partial charge on any atom is 0.293 e. The standard InChI is InChI=1S/C12H12N2O3/c1-8-10(11(15)13-17-8)12(16)14(2)9-6-4-3-5-7-9/h3-7H,1-2H3,(H,13,15). The van der Waals surface area contributed by atoms with E-state index >= 15 is 0 Å². The molecule has 0 unspecified atom stereocenters. The van der Waals surface area contributed by atoms with Crippen LogP contribution >= 0.6 is 0 Å². The van der Waals surface area contributed by atoms with Crippen molar-refractivity contribution in [3.05, 3.63) is 52.0 Å². The fraction of sp³-hybridized carbons (Fsp3) is 0.167. The molecule has 0 aliphatic heterocycles. The van der Waals surface area contributed by atoms with Crippen molar-refractivity contribution in [3.63, 3.8) is 0 Å². The van der Waals surface area contributed by atoms with E-state index in [1.54, 1.807) is 26.1 Å². The highest BCUT2D eigenvalue weighted by Crippen LogP contribution is 2.14. The van der Waals surface area contributed by atoms with E-state index in [9.17, 15) is 9.59 Å². The summed E-state index contributed by atoms with van der Waals surface area (Å²) in [5.74, 6) is -0.0912. The van der Waals surface area contributed by atoms with E-state index in [-0.39, 0.29) is 11.5 Å². The number of aromatic nitrogens is 1. The summed E-state index contributed by atoms with van der Waals surface area (Å²) in [7, 11) is 1.61. The smallest absolute Gasteiger partial charge is 0.293 e. The first-order valence-corrected chi connectivity index (χ1v) is 5.12. The lowest BCUT2D eigenvalue weighted by molar-refractivity contribution is 0.0990. The molecule has 0 bridgehead atoms. The van der Waals surface area contributed by atoms with Crippen molar-refractivity contribution < 1.29 is 9.32 Å². The predicted octanol–water partition coefficient (Wildman–Crippen LogP) is 1.55. The van der Waals surface area contributed by atoms with Crippen molar-refractivity contribution in [1.29, 1.82) is 0 Å². The normalized spacial score (nSPS) is 10.2. The van der Waals surface area contributed by atoms with Crippen LogP contribution in [0.3, 0.4) is 0 Å². The van der Waals surface area contributed by atoms with Crippen molar-refractivity contribution in [1.82, 2.24) is 5.16 Å². The molecule has 0 fully saturated rings. The second kappa shape index (κ2) is 4.29. The van der Waals surface area contributed by atoms with Crippen molar-refractivity contribution >= 4 is 11.6 Å². The molecular weight excluding hydrogens is 220 g/mol. The third-order valence-corrected chi connectivity index (χ3v) is 2.54. The molecule has 0 saturated heterocycles. The van der Waals surface area contributed by atoms with Crippen molar-refractivity contribution in [2.75, 3.05) is 11.9 Å². The van der Waals surface area contributed by atoms with Gasteiger partial charge < -0.3 is 9.42 Å². The van der Waals surface area contributed by atoms with E-state index in [0.29, 0.717) is 5.76 Å². The van der Waals surface area contributed by atoms with Crippen LogP contribution in [0.1, 0.15) is 16.1 Å². The molecule has 1 amide bonds. The SMILES string of the molecule is Cc1o[nH]c(=O)c1C(=O)N(C)c1ccccc1. The van der Waals surface area contributed by atoms with Crippen molar-refractivity contribution in [3.8, 4) is 0 Å². The van der Waals surface area contributed by atoms with Gasteiger partial charge in [-0.15, -0.1) is 0 Å². The number of aryl methyl sites for hydroxylation is 1. The lowest BCUT2D eigenvalue weighted by Gasteiger charge is -2.15. The highest BCUT2D eigenvalue weighted by Gasteiger charge is 2.21. The highest BCUT2D eigenvalue weighted by molar-refractivity contribution is 6.06. The quantitative estimate of drug-likeness (QED) is 0.854. The van der Waals surface area contributed by atoms with Gasteiger partial charge in [0.15, 0.2) is 0 Å². The molecule has 1 heterocycles. The molecule has 17 heavy (non-hydrogen) atoms. The van der Waals surface area contributed by atoms with Gasteiger partial charge in [0.2, 0.25) is 0 Å². The molecule has 0 saturated carbocycles. The minimum Gasteiger partial charge on any atom is -0.383 e. The average molecular weight is 232 g/mol. The summed E-state index contributed by atoms with van der Waals surface area (Å²) in [5.41, 5.74) is 0.254. The molecule has 2 aromatic rings. The molecule has 0 aliphatic carbocycles. The van der Waals surface area contributed by atoms with E-state index in [4.69, 9.17) is 4.52 Å². The van der Waals surface area contributed by atoms with Crippen LogP contribution in [-0.2, 0) is 0 Å². The molecule has 88 valence electrons. The van der Waals surface area contributed by atoms with Gasteiger partial charge in [0.1, 0.15) is 11.3 Å².